The third kappa shape index (κ3) is 3.95. The van der Waals surface area contributed by atoms with E-state index in [1.807, 2.05) is 10.5 Å². The molecule has 4 rings (SSSR count). The molecule has 6 nitrogen and oxygen atoms in total. The molecule has 7 heteroatoms. The molecule has 146 valence electrons. The molecule has 0 spiro atoms. The molecule has 29 heavy (non-hydrogen) atoms. The number of sulfone groups is 1. The fourth-order valence-corrected chi connectivity index (χ4v) is 4.28. The van der Waals surface area contributed by atoms with Crippen molar-refractivity contribution in [3.63, 3.8) is 0 Å². The molecule has 0 aliphatic carbocycles. The van der Waals surface area contributed by atoms with Gasteiger partial charge in [0.05, 0.1) is 9.79 Å². The van der Waals surface area contributed by atoms with Crippen LogP contribution in [0.2, 0.25) is 0 Å². The molecular formula is C22H19N3O3S. The van der Waals surface area contributed by atoms with Crippen LogP contribution in [0.3, 0.4) is 0 Å². The van der Waals surface area contributed by atoms with Crippen LogP contribution in [0.4, 0.5) is 0 Å². The molecule has 0 amide bonds. The molecule has 3 aromatic heterocycles. The maximum atomic E-state index is 12.7. The van der Waals surface area contributed by atoms with Crippen LogP contribution < -0.4 is 0 Å². The van der Waals surface area contributed by atoms with E-state index in [9.17, 15) is 13.2 Å². The van der Waals surface area contributed by atoms with Crippen LogP contribution in [0.5, 0.6) is 0 Å². The second-order valence-electron chi connectivity index (χ2n) is 6.82. The highest BCUT2D eigenvalue weighted by atomic mass is 32.2. The number of pyridine rings is 2. The minimum absolute atomic E-state index is 0.0306. The normalized spacial score (nSPS) is 11.6. The van der Waals surface area contributed by atoms with E-state index < -0.39 is 9.84 Å². The van der Waals surface area contributed by atoms with E-state index in [2.05, 4.69) is 9.97 Å². The molecule has 3 heterocycles. The fraction of sp³-hybridized carbons (Fsp3) is 0.136. The van der Waals surface area contributed by atoms with Gasteiger partial charge in [-0.05, 0) is 55.3 Å². The van der Waals surface area contributed by atoms with Crippen molar-refractivity contribution in [2.24, 2.45) is 0 Å². The number of hydrogen-bond acceptors (Lipinski definition) is 5. The number of benzene rings is 1. The first-order valence-electron chi connectivity index (χ1n) is 9.16. The molecule has 0 saturated heterocycles. The number of aromatic nitrogens is 3. The summed E-state index contributed by atoms with van der Waals surface area (Å²) in [4.78, 5) is 21.1. The van der Waals surface area contributed by atoms with Crippen LogP contribution in [0.15, 0.2) is 83.1 Å². The van der Waals surface area contributed by atoms with E-state index in [-0.39, 0.29) is 15.6 Å². The zero-order valence-corrected chi connectivity index (χ0v) is 16.6. The molecule has 0 aliphatic heterocycles. The lowest BCUT2D eigenvalue weighted by Crippen LogP contribution is -2.04. The first kappa shape index (κ1) is 19.0. The van der Waals surface area contributed by atoms with E-state index in [0.29, 0.717) is 18.4 Å². The predicted octanol–water partition coefficient (Wildman–Crippen LogP) is 3.69. The predicted molar refractivity (Wildman–Crippen MR) is 109 cm³/mol. The summed E-state index contributed by atoms with van der Waals surface area (Å²) < 4.78 is 27.2. The van der Waals surface area contributed by atoms with Gasteiger partial charge in [-0.2, -0.15) is 0 Å². The molecule has 0 N–H and O–H groups in total. The van der Waals surface area contributed by atoms with E-state index in [1.54, 1.807) is 68.0 Å². The molecule has 1 aromatic carbocycles. The van der Waals surface area contributed by atoms with Gasteiger partial charge in [0.15, 0.2) is 5.78 Å². The highest BCUT2D eigenvalue weighted by Gasteiger charge is 2.18. The first-order chi connectivity index (χ1) is 13.9. The summed E-state index contributed by atoms with van der Waals surface area (Å²) in [7, 11) is -3.60. The van der Waals surface area contributed by atoms with Crippen molar-refractivity contribution < 1.29 is 13.2 Å². The number of ketones is 1. The van der Waals surface area contributed by atoms with E-state index in [4.69, 9.17) is 0 Å². The van der Waals surface area contributed by atoms with Crippen LogP contribution in [-0.2, 0) is 16.3 Å². The van der Waals surface area contributed by atoms with Crippen molar-refractivity contribution in [1.29, 1.82) is 0 Å². The number of carbonyl (C=O) groups excluding carboxylic acids is 1. The number of rotatable bonds is 6. The summed E-state index contributed by atoms with van der Waals surface area (Å²) in [5, 5.41) is 0. The van der Waals surface area contributed by atoms with Gasteiger partial charge in [0.25, 0.3) is 0 Å². The summed E-state index contributed by atoms with van der Waals surface area (Å²) >= 11 is 0. The Labute approximate surface area is 168 Å². The maximum absolute atomic E-state index is 12.7. The van der Waals surface area contributed by atoms with Gasteiger partial charge >= 0.3 is 0 Å². The average molecular weight is 405 g/mol. The van der Waals surface area contributed by atoms with Gasteiger partial charge in [-0.3, -0.25) is 9.78 Å². The lowest BCUT2D eigenvalue weighted by atomic mass is 10.0. The molecule has 0 radical (unpaired) electrons. The minimum atomic E-state index is -3.60. The van der Waals surface area contributed by atoms with E-state index in [0.717, 1.165) is 16.9 Å². The Bertz CT molecular complexity index is 1280. The van der Waals surface area contributed by atoms with Crippen LogP contribution in [-0.4, -0.2) is 28.6 Å². The third-order valence-electron chi connectivity index (χ3n) is 4.78. The second kappa shape index (κ2) is 7.60. The summed E-state index contributed by atoms with van der Waals surface area (Å²) in [6.07, 6.45) is 7.51. The monoisotopic (exact) mass is 405 g/mol. The van der Waals surface area contributed by atoms with Crippen LogP contribution in [0.25, 0.3) is 5.65 Å². The molecule has 0 saturated carbocycles. The van der Waals surface area contributed by atoms with Crippen molar-refractivity contribution in [2.75, 3.05) is 0 Å². The Morgan fingerprint density at radius 1 is 0.966 bits per heavy atom. The standard InChI is InChI=1S/C22H19N3O3S/c1-16-2-7-20(14-24-16)29(27,28)19-8-3-17(4-9-19)5-10-21(26)18-6-11-22-23-12-13-25(22)15-18/h2-4,6-9,11-15H,5,10H2,1H3. The molecular weight excluding hydrogens is 386 g/mol. The fourth-order valence-electron chi connectivity index (χ4n) is 3.07. The zero-order valence-electron chi connectivity index (χ0n) is 15.8. The Balaban J connectivity index is 1.45. The summed E-state index contributed by atoms with van der Waals surface area (Å²) in [6, 6.07) is 13.5. The van der Waals surface area contributed by atoms with Crippen molar-refractivity contribution in [3.05, 3.63) is 90.1 Å². The summed E-state index contributed by atoms with van der Waals surface area (Å²) in [5.74, 6) is 0.0306. The van der Waals surface area contributed by atoms with Crippen molar-refractivity contribution >= 4 is 21.3 Å². The first-order valence-corrected chi connectivity index (χ1v) is 10.6. The molecule has 0 fully saturated rings. The minimum Gasteiger partial charge on any atom is -0.306 e. The SMILES string of the molecule is Cc1ccc(S(=O)(=O)c2ccc(CCC(=O)c3ccc4nccn4c3)cc2)cn1. The molecule has 0 atom stereocenters. The van der Waals surface area contributed by atoms with Gasteiger partial charge in [0, 0.05) is 42.5 Å². The lowest BCUT2D eigenvalue weighted by Gasteiger charge is -2.07. The summed E-state index contributed by atoms with van der Waals surface area (Å²) in [5.41, 5.74) is 3.09. The number of aryl methyl sites for hydroxylation is 2. The highest BCUT2D eigenvalue weighted by Crippen LogP contribution is 2.21. The largest absolute Gasteiger partial charge is 0.306 e. The Kier molecular flexibility index (Phi) is 4.98. The quantitative estimate of drug-likeness (QED) is 0.457. The van der Waals surface area contributed by atoms with Gasteiger partial charge < -0.3 is 4.40 Å². The van der Waals surface area contributed by atoms with E-state index in [1.165, 1.54) is 6.20 Å². The topological polar surface area (TPSA) is 81.4 Å². The maximum Gasteiger partial charge on any atom is 0.208 e. The van der Waals surface area contributed by atoms with Crippen molar-refractivity contribution in [3.8, 4) is 0 Å². The average Bonchev–Trinajstić information content (AvgIpc) is 3.20. The van der Waals surface area contributed by atoms with Gasteiger partial charge in [0.1, 0.15) is 5.65 Å². The number of nitrogens with zero attached hydrogens (tertiary/aromatic N) is 3. The second-order valence-corrected chi connectivity index (χ2v) is 8.77. The van der Waals surface area contributed by atoms with Gasteiger partial charge in [0.2, 0.25) is 9.84 Å². The van der Waals surface area contributed by atoms with E-state index >= 15 is 0 Å². The Morgan fingerprint density at radius 3 is 2.45 bits per heavy atom. The van der Waals surface area contributed by atoms with Gasteiger partial charge in [-0.1, -0.05) is 12.1 Å². The number of fused-ring (bicyclic) bond motifs is 1. The van der Waals surface area contributed by atoms with Crippen LogP contribution in [0, 0.1) is 6.92 Å². The molecule has 0 bridgehead atoms. The Hall–Kier alpha value is -3.32. The smallest absolute Gasteiger partial charge is 0.208 e. The van der Waals surface area contributed by atoms with Crippen LogP contribution >= 0.6 is 0 Å². The van der Waals surface area contributed by atoms with Gasteiger partial charge in [-0.25, -0.2) is 13.4 Å². The number of carbonyl (C=O) groups is 1. The molecule has 0 aliphatic rings. The van der Waals surface area contributed by atoms with Gasteiger partial charge in [-0.15, -0.1) is 0 Å². The van der Waals surface area contributed by atoms with Crippen molar-refractivity contribution in [2.45, 2.75) is 29.6 Å². The molecule has 4 aromatic rings. The lowest BCUT2D eigenvalue weighted by molar-refractivity contribution is 0.0982. The molecule has 0 unspecified atom stereocenters. The zero-order chi connectivity index (χ0) is 20.4. The summed E-state index contributed by atoms with van der Waals surface area (Å²) in [6.45, 7) is 1.81. The number of imidazole rings is 1. The Morgan fingerprint density at radius 2 is 1.72 bits per heavy atom. The highest BCUT2D eigenvalue weighted by molar-refractivity contribution is 7.91. The number of hydrogen-bond donors (Lipinski definition) is 0. The third-order valence-corrected chi connectivity index (χ3v) is 6.53. The number of Topliss-reactive ketones (excluding diaryl/α,β-unsaturated/α-hetero) is 1. The van der Waals surface area contributed by atoms with Crippen LogP contribution in [0.1, 0.15) is 28.0 Å². The van der Waals surface area contributed by atoms with Crippen molar-refractivity contribution in [1.82, 2.24) is 14.4 Å².